The number of carbonyl (C=O) groups is 1. The first-order valence-corrected chi connectivity index (χ1v) is 4.67. The highest BCUT2D eigenvalue weighted by atomic mass is 35.5. The third-order valence-electron chi connectivity index (χ3n) is 1.39. The van der Waals surface area contributed by atoms with Crippen LogP contribution in [0, 0.1) is 0 Å². The number of primary amides is 1. The monoisotopic (exact) mass is 232 g/mol. The fourth-order valence-electron chi connectivity index (χ4n) is 0.677. The lowest BCUT2D eigenvalue weighted by atomic mass is 10.1. The molecular weight excluding hydrogens is 222 g/mol. The van der Waals surface area contributed by atoms with Crippen molar-refractivity contribution in [2.45, 2.75) is 23.2 Å². The second-order valence-electron chi connectivity index (χ2n) is 2.48. The highest BCUT2D eigenvalue weighted by Crippen LogP contribution is 2.30. The minimum absolute atomic E-state index is 0.0378. The number of rotatable bonds is 5. The Balaban J connectivity index is 4.04. The molecule has 0 rings (SSSR count). The van der Waals surface area contributed by atoms with Crippen LogP contribution in [0.4, 0.5) is 0 Å². The Morgan fingerprint density at radius 1 is 1.50 bits per heavy atom. The average Bonchev–Trinajstić information content (AvgIpc) is 1.85. The lowest BCUT2D eigenvalue weighted by Gasteiger charge is -2.24. The molecule has 0 bridgehead atoms. The van der Waals surface area contributed by atoms with Gasteiger partial charge in [0, 0.05) is 18.3 Å². The predicted octanol–water partition coefficient (Wildman–Crippen LogP) is 0.992. The van der Waals surface area contributed by atoms with Gasteiger partial charge in [-0.1, -0.05) is 23.2 Å². The molecular formula is C6H11Cl3N2O. The van der Waals surface area contributed by atoms with Gasteiger partial charge in [0.15, 0.2) is 0 Å². The van der Waals surface area contributed by atoms with Crippen molar-refractivity contribution < 1.29 is 4.79 Å². The Kier molecular flexibility index (Phi) is 5.25. The van der Waals surface area contributed by atoms with Crippen LogP contribution in [0.3, 0.4) is 0 Å². The fourth-order valence-corrected chi connectivity index (χ4v) is 1.51. The van der Waals surface area contributed by atoms with Gasteiger partial charge in [0.25, 0.3) is 0 Å². The molecule has 0 saturated carbocycles. The van der Waals surface area contributed by atoms with E-state index in [1.807, 2.05) is 0 Å². The summed E-state index contributed by atoms with van der Waals surface area (Å²) in [6.07, 6.45) is 0.288. The van der Waals surface area contributed by atoms with Crippen LogP contribution >= 0.6 is 34.8 Å². The zero-order valence-corrected chi connectivity index (χ0v) is 8.66. The van der Waals surface area contributed by atoms with E-state index in [1.165, 1.54) is 0 Å². The van der Waals surface area contributed by atoms with Gasteiger partial charge in [0.05, 0.1) is 0 Å². The van der Waals surface area contributed by atoms with Gasteiger partial charge in [0.1, 0.15) is 4.33 Å². The molecule has 0 aromatic heterocycles. The molecule has 0 heterocycles. The van der Waals surface area contributed by atoms with Gasteiger partial charge >= 0.3 is 0 Å². The molecule has 0 aromatic rings. The number of halogens is 3. The van der Waals surface area contributed by atoms with E-state index in [0.717, 1.165) is 0 Å². The Bertz CT molecular complexity index is 163. The van der Waals surface area contributed by atoms with Crippen molar-refractivity contribution in [2.75, 3.05) is 5.88 Å². The second kappa shape index (κ2) is 5.12. The van der Waals surface area contributed by atoms with Gasteiger partial charge in [-0.05, 0) is 6.42 Å². The van der Waals surface area contributed by atoms with E-state index >= 15 is 0 Å². The van der Waals surface area contributed by atoms with E-state index in [0.29, 0.717) is 12.3 Å². The third-order valence-corrected chi connectivity index (χ3v) is 2.52. The Hall–Kier alpha value is 0.300. The maximum Gasteiger partial charge on any atom is 0.219 e. The minimum Gasteiger partial charge on any atom is -0.370 e. The first-order valence-electron chi connectivity index (χ1n) is 3.38. The molecule has 1 amide bonds. The van der Waals surface area contributed by atoms with Crippen LogP contribution in [0.2, 0.25) is 0 Å². The van der Waals surface area contributed by atoms with Crippen molar-refractivity contribution in [3.63, 3.8) is 0 Å². The molecule has 72 valence electrons. The Labute approximate surface area is 86.3 Å². The highest BCUT2D eigenvalue weighted by Gasteiger charge is 2.32. The lowest BCUT2D eigenvalue weighted by molar-refractivity contribution is -0.118. The first kappa shape index (κ1) is 12.3. The Morgan fingerprint density at radius 2 is 2.00 bits per heavy atom. The van der Waals surface area contributed by atoms with Crippen LogP contribution in [0.15, 0.2) is 0 Å². The van der Waals surface area contributed by atoms with Crippen LogP contribution in [0.5, 0.6) is 0 Å². The normalized spacial score (nSPS) is 14.3. The highest BCUT2D eigenvalue weighted by molar-refractivity contribution is 6.49. The molecule has 1 unspecified atom stereocenters. The zero-order chi connectivity index (χ0) is 9.78. The molecule has 0 radical (unpaired) electrons. The summed E-state index contributed by atoms with van der Waals surface area (Å²) in [5.41, 5.74) is 10.4. The van der Waals surface area contributed by atoms with Crippen molar-refractivity contribution in [3.05, 3.63) is 0 Å². The molecule has 3 nitrogen and oxygen atoms in total. The van der Waals surface area contributed by atoms with E-state index < -0.39 is 16.3 Å². The number of hydrogen-bond donors (Lipinski definition) is 2. The second-order valence-corrected chi connectivity index (χ2v) is 4.40. The summed E-state index contributed by atoms with van der Waals surface area (Å²) in [5, 5.41) is 0. The number of amides is 1. The molecule has 4 N–H and O–H groups in total. The predicted molar refractivity (Wildman–Crippen MR) is 51.6 cm³/mol. The average molecular weight is 234 g/mol. The van der Waals surface area contributed by atoms with Crippen LogP contribution in [-0.2, 0) is 4.79 Å². The molecule has 0 spiro atoms. The zero-order valence-electron chi connectivity index (χ0n) is 6.40. The fraction of sp³-hybridized carbons (Fsp3) is 0.833. The van der Waals surface area contributed by atoms with Crippen LogP contribution < -0.4 is 11.5 Å². The first-order chi connectivity index (χ1) is 5.40. The molecule has 6 heteroatoms. The number of hydrogen-bond acceptors (Lipinski definition) is 2. The van der Waals surface area contributed by atoms with Crippen molar-refractivity contribution in [1.29, 1.82) is 0 Å². The van der Waals surface area contributed by atoms with E-state index in [4.69, 9.17) is 46.3 Å². The number of nitrogens with two attached hydrogens (primary N) is 2. The summed E-state index contributed by atoms with van der Waals surface area (Å²) < 4.78 is -1.17. The van der Waals surface area contributed by atoms with Crippen molar-refractivity contribution in [2.24, 2.45) is 11.5 Å². The molecule has 0 fully saturated rings. The van der Waals surface area contributed by atoms with Crippen LogP contribution in [0.1, 0.15) is 12.8 Å². The van der Waals surface area contributed by atoms with Crippen molar-refractivity contribution >= 4 is 40.7 Å². The molecule has 0 aromatic carbocycles. The van der Waals surface area contributed by atoms with Crippen molar-refractivity contribution in [3.8, 4) is 0 Å². The van der Waals surface area contributed by atoms with Gasteiger partial charge in [0.2, 0.25) is 5.91 Å². The molecule has 0 aliphatic rings. The topological polar surface area (TPSA) is 69.1 Å². The van der Waals surface area contributed by atoms with Crippen molar-refractivity contribution in [1.82, 2.24) is 0 Å². The van der Waals surface area contributed by atoms with E-state index in [1.54, 1.807) is 0 Å². The maximum absolute atomic E-state index is 10.5. The molecule has 1 atom stereocenters. The van der Waals surface area contributed by atoms with Crippen LogP contribution in [-0.4, -0.2) is 22.2 Å². The molecule has 0 aliphatic carbocycles. The molecule has 12 heavy (non-hydrogen) atoms. The van der Waals surface area contributed by atoms with Gasteiger partial charge in [-0.3, -0.25) is 4.79 Å². The largest absolute Gasteiger partial charge is 0.370 e. The van der Waals surface area contributed by atoms with E-state index in [9.17, 15) is 4.79 Å². The molecule has 0 saturated heterocycles. The number of alkyl halides is 3. The standard InChI is InChI=1S/C6H11Cl3N2O/c7-2-1-6(8,9)4(10)3-5(11)12/h4H,1-3,10H2,(H2,11,12). The smallest absolute Gasteiger partial charge is 0.219 e. The lowest BCUT2D eigenvalue weighted by Crippen LogP contribution is -2.42. The Morgan fingerprint density at radius 3 is 2.33 bits per heavy atom. The quantitative estimate of drug-likeness (QED) is 0.696. The van der Waals surface area contributed by atoms with Gasteiger partial charge in [-0.2, -0.15) is 0 Å². The summed E-state index contributed by atoms with van der Waals surface area (Å²) >= 11 is 17.0. The summed E-state index contributed by atoms with van der Waals surface area (Å²) in [6.45, 7) is 0. The van der Waals surface area contributed by atoms with E-state index in [2.05, 4.69) is 0 Å². The number of carbonyl (C=O) groups excluding carboxylic acids is 1. The van der Waals surface area contributed by atoms with Gasteiger partial charge in [-0.15, -0.1) is 11.6 Å². The van der Waals surface area contributed by atoms with Gasteiger partial charge < -0.3 is 11.5 Å². The van der Waals surface area contributed by atoms with Crippen LogP contribution in [0.25, 0.3) is 0 Å². The molecule has 0 aliphatic heterocycles. The summed E-state index contributed by atoms with van der Waals surface area (Å²) in [4.78, 5) is 10.5. The summed E-state index contributed by atoms with van der Waals surface area (Å²) in [6, 6.07) is -0.669. The maximum atomic E-state index is 10.5. The minimum atomic E-state index is -1.17. The van der Waals surface area contributed by atoms with E-state index in [-0.39, 0.29) is 6.42 Å². The summed E-state index contributed by atoms with van der Waals surface area (Å²) in [5.74, 6) is -0.234. The SMILES string of the molecule is NC(=O)CC(N)C(Cl)(Cl)CCCl. The summed E-state index contributed by atoms with van der Waals surface area (Å²) in [7, 11) is 0. The van der Waals surface area contributed by atoms with Gasteiger partial charge in [-0.25, -0.2) is 0 Å². The third kappa shape index (κ3) is 4.36.